The van der Waals surface area contributed by atoms with Crippen LogP contribution in [-0.4, -0.2) is 16.4 Å². The molecule has 1 N–H and O–H groups in total. The largest absolute Gasteiger partial charge is 0.435 e. The number of aryl methyl sites for hydroxylation is 1. The Balaban J connectivity index is 3.04. The molecule has 0 unspecified atom stereocenters. The van der Waals surface area contributed by atoms with E-state index in [2.05, 4.69) is 4.98 Å². The van der Waals surface area contributed by atoms with Gasteiger partial charge in [-0.25, -0.2) is 4.98 Å². The predicted octanol–water partition coefficient (Wildman–Crippen LogP) is 0.849. The number of nitrogens with zero attached hydrogens (tertiary/aromatic N) is 1. The number of aliphatic hydroxyl groups is 1. The lowest BCUT2D eigenvalue weighted by Gasteiger charge is -1.93. The molecule has 1 aromatic rings. The van der Waals surface area contributed by atoms with Gasteiger partial charge in [-0.05, 0) is 13.8 Å². The van der Waals surface area contributed by atoms with Crippen molar-refractivity contribution in [3.63, 3.8) is 0 Å². The van der Waals surface area contributed by atoms with Gasteiger partial charge >= 0.3 is 0 Å². The number of aldehydes is 1. The first-order valence-electron chi connectivity index (χ1n) is 3.25. The number of rotatable bonds is 2. The number of carbonyl (C=O) groups excluding carboxylic acids is 1. The standard InChI is InChI=1S/C7H9NO3/c1-4-6(3-9)11-7(8-4)5(2)10/h3,5,10H,1-2H3/t5-/m1/s1. The van der Waals surface area contributed by atoms with Crippen molar-refractivity contribution < 1.29 is 14.3 Å². The first kappa shape index (κ1) is 7.94. The van der Waals surface area contributed by atoms with E-state index in [0.717, 1.165) is 0 Å². The summed E-state index contributed by atoms with van der Waals surface area (Å²) in [4.78, 5) is 14.1. The average molecular weight is 155 g/mol. The Bertz CT molecular complexity index is 265. The zero-order chi connectivity index (χ0) is 8.43. The molecule has 1 aromatic heterocycles. The highest BCUT2D eigenvalue weighted by Crippen LogP contribution is 2.14. The maximum absolute atomic E-state index is 10.2. The second kappa shape index (κ2) is 2.84. The van der Waals surface area contributed by atoms with Crippen molar-refractivity contribution in [1.82, 2.24) is 4.98 Å². The molecule has 1 heterocycles. The molecule has 0 aliphatic rings. The van der Waals surface area contributed by atoms with Gasteiger partial charge in [0.15, 0.2) is 12.0 Å². The number of aromatic nitrogens is 1. The van der Waals surface area contributed by atoms with Crippen LogP contribution in [0.4, 0.5) is 0 Å². The summed E-state index contributed by atoms with van der Waals surface area (Å²) in [5.74, 6) is 0.366. The monoisotopic (exact) mass is 155 g/mol. The van der Waals surface area contributed by atoms with Crippen LogP contribution >= 0.6 is 0 Å². The van der Waals surface area contributed by atoms with Crippen molar-refractivity contribution in [2.75, 3.05) is 0 Å². The average Bonchev–Trinajstić information content (AvgIpc) is 2.31. The summed E-state index contributed by atoms with van der Waals surface area (Å²) in [6, 6.07) is 0. The van der Waals surface area contributed by atoms with Crippen LogP contribution in [-0.2, 0) is 0 Å². The maximum atomic E-state index is 10.2. The van der Waals surface area contributed by atoms with Gasteiger partial charge in [0, 0.05) is 0 Å². The molecule has 0 radical (unpaired) electrons. The summed E-state index contributed by atoms with van der Waals surface area (Å²) < 4.78 is 4.90. The minimum atomic E-state index is -0.762. The molecule has 1 atom stereocenters. The second-order valence-electron chi connectivity index (χ2n) is 2.30. The van der Waals surface area contributed by atoms with Crippen molar-refractivity contribution in [3.8, 4) is 0 Å². The van der Waals surface area contributed by atoms with Gasteiger partial charge in [-0.15, -0.1) is 0 Å². The van der Waals surface area contributed by atoms with Crippen LogP contribution in [0.2, 0.25) is 0 Å². The van der Waals surface area contributed by atoms with E-state index in [1.807, 2.05) is 0 Å². The van der Waals surface area contributed by atoms with Gasteiger partial charge in [0.25, 0.3) is 0 Å². The highest BCUT2D eigenvalue weighted by Gasteiger charge is 2.11. The van der Waals surface area contributed by atoms with Crippen LogP contribution in [0.25, 0.3) is 0 Å². The Morgan fingerprint density at radius 2 is 2.36 bits per heavy atom. The van der Waals surface area contributed by atoms with Gasteiger partial charge in [0.1, 0.15) is 6.10 Å². The van der Waals surface area contributed by atoms with E-state index in [1.165, 1.54) is 6.92 Å². The van der Waals surface area contributed by atoms with Crippen LogP contribution in [0.1, 0.15) is 35.2 Å². The van der Waals surface area contributed by atoms with Crippen molar-refractivity contribution in [1.29, 1.82) is 0 Å². The zero-order valence-electron chi connectivity index (χ0n) is 6.37. The molecule has 0 aliphatic heterocycles. The lowest BCUT2D eigenvalue weighted by atomic mass is 10.4. The summed E-state index contributed by atoms with van der Waals surface area (Å²) in [7, 11) is 0. The molecule has 60 valence electrons. The summed E-state index contributed by atoms with van der Waals surface area (Å²) in [6.07, 6.45) is -0.184. The fourth-order valence-corrected chi connectivity index (χ4v) is 0.718. The smallest absolute Gasteiger partial charge is 0.223 e. The normalized spacial score (nSPS) is 13.0. The molecule has 0 aliphatic carbocycles. The third kappa shape index (κ3) is 1.46. The molecule has 0 saturated heterocycles. The van der Waals surface area contributed by atoms with Crippen LogP contribution in [0.3, 0.4) is 0 Å². The first-order chi connectivity index (χ1) is 5.15. The molecule has 0 aromatic carbocycles. The van der Waals surface area contributed by atoms with E-state index in [4.69, 9.17) is 9.52 Å². The quantitative estimate of drug-likeness (QED) is 0.643. The fraction of sp³-hybridized carbons (Fsp3) is 0.429. The Labute approximate surface area is 63.9 Å². The van der Waals surface area contributed by atoms with Gasteiger partial charge < -0.3 is 9.52 Å². The predicted molar refractivity (Wildman–Crippen MR) is 37.3 cm³/mol. The van der Waals surface area contributed by atoms with Gasteiger partial charge in [-0.2, -0.15) is 0 Å². The lowest BCUT2D eigenvalue weighted by molar-refractivity contribution is 0.108. The van der Waals surface area contributed by atoms with Crippen LogP contribution in [0.5, 0.6) is 0 Å². The Kier molecular flexibility index (Phi) is 2.05. The molecule has 0 fully saturated rings. The number of oxazole rings is 1. The van der Waals surface area contributed by atoms with Gasteiger partial charge in [0.2, 0.25) is 5.89 Å². The molecule has 4 nitrogen and oxygen atoms in total. The van der Waals surface area contributed by atoms with E-state index >= 15 is 0 Å². The first-order valence-corrected chi connectivity index (χ1v) is 3.25. The number of carbonyl (C=O) groups is 1. The van der Waals surface area contributed by atoms with Crippen LogP contribution in [0.15, 0.2) is 4.42 Å². The summed E-state index contributed by atoms with van der Waals surface area (Å²) >= 11 is 0. The van der Waals surface area contributed by atoms with E-state index in [1.54, 1.807) is 6.92 Å². The lowest BCUT2D eigenvalue weighted by Crippen LogP contribution is -1.89. The third-order valence-electron chi connectivity index (χ3n) is 1.31. The molecule has 0 saturated carbocycles. The summed E-state index contributed by atoms with van der Waals surface area (Å²) in [6.45, 7) is 3.18. The van der Waals surface area contributed by atoms with Crippen LogP contribution in [0, 0.1) is 6.92 Å². The molecular weight excluding hydrogens is 146 g/mol. The van der Waals surface area contributed by atoms with E-state index in [0.29, 0.717) is 12.0 Å². The van der Waals surface area contributed by atoms with Crippen molar-refractivity contribution in [2.24, 2.45) is 0 Å². The zero-order valence-corrected chi connectivity index (χ0v) is 6.37. The molecule has 1 rings (SSSR count). The Hall–Kier alpha value is -1.16. The number of aliphatic hydroxyl groups excluding tert-OH is 1. The molecule has 0 bridgehead atoms. The topological polar surface area (TPSA) is 63.3 Å². The summed E-state index contributed by atoms with van der Waals surface area (Å²) in [5.41, 5.74) is 0.510. The molecule has 4 heteroatoms. The van der Waals surface area contributed by atoms with E-state index in [-0.39, 0.29) is 11.7 Å². The minimum absolute atomic E-state index is 0.181. The summed E-state index contributed by atoms with van der Waals surface area (Å²) in [5, 5.41) is 8.98. The van der Waals surface area contributed by atoms with Gasteiger partial charge in [0.05, 0.1) is 5.69 Å². The second-order valence-corrected chi connectivity index (χ2v) is 2.30. The Morgan fingerprint density at radius 3 is 2.64 bits per heavy atom. The number of hydrogen-bond acceptors (Lipinski definition) is 4. The molecular formula is C7H9NO3. The van der Waals surface area contributed by atoms with Crippen molar-refractivity contribution in [2.45, 2.75) is 20.0 Å². The molecule has 0 amide bonds. The van der Waals surface area contributed by atoms with Crippen molar-refractivity contribution >= 4 is 6.29 Å². The fourth-order valence-electron chi connectivity index (χ4n) is 0.718. The third-order valence-corrected chi connectivity index (χ3v) is 1.31. The minimum Gasteiger partial charge on any atom is -0.435 e. The highest BCUT2D eigenvalue weighted by atomic mass is 16.4. The molecule has 11 heavy (non-hydrogen) atoms. The van der Waals surface area contributed by atoms with Gasteiger partial charge in [-0.1, -0.05) is 0 Å². The van der Waals surface area contributed by atoms with E-state index in [9.17, 15) is 4.79 Å². The van der Waals surface area contributed by atoms with Crippen LogP contribution < -0.4 is 0 Å². The number of hydrogen-bond donors (Lipinski definition) is 1. The van der Waals surface area contributed by atoms with E-state index < -0.39 is 6.10 Å². The van der Waals surface area contributed by atoms with Gasteiger partial charge in [-0.3, -0.25) is 4.79 Å². The SMILES string of the molecule is Cc1nc([C@@H](C)O)oc1C=O. The maximum Gasteiger partial charge on any atom is 0.223 e. The highest BCUT2D eigenvalue weighted by molar-refractivity contribution is 5.71. The van der Waals surface area contributed by atoms with Crippen molar-refractivity contribution in [3.05, 3.63) is 17.3 Å². The molecule has 0 spiro atoms. The Morgan fingerprint density at radius 1 is 1.73 bits per heavy atom.